The fourth-order valence-corrected chi connectivity index (χ4v) is 6.63. The molecule has 0 aliphatic carbocycles. The number of para-hydroxylation sites is 2. The molecule has 4 heteroatoms. The molecule has 0 unspecified atom stereocenters. The van der Waals surface area contributed by atoms with Gasteiger partial charge in [0.2, 0.25) is 0 Å². The Morgan fingerprint density at radius 3 is 1.23 bits per heavy atom. The van der Waals surface area contributed by atoms with Gasteiger partial charge in [0.25, 0.3) is 0 Å². The van der Waals surface area contributed by atoms with E-state index in [-0.39, 0.29) is 62.7 Å². The van der Waals surface area contributed by atoms with E-state index in [1.165, 1.54) is 11.1 Å². The first-order valence-electron chi connectivity index (χ1n) is 17.5. The molecule has 6 aromatic rings. The van der Waals surface area contributed by atoms with Gasteiger partial charge in [-0.2, -0.15) is 0 Å². The SMILES string of the molecule is CC(C)(C)c1cc(-c2cccc(-c3ccccc3-c3cccc(-c4ccccc4-c4cccc(C(C)(C)C)c4O)n3)c2O)cc(C(C)(C)C)c1.[CH3-].[CH3-].[Hf]. The van der Waals surface area contributed by atoms with E-state index < -0.39 is 0 Å². The van der Waals surface area contributed by atoms with Crippen LogP contribution in [0.5, 0.6) is 11.5 Å². The number of rotatable bonds is 5. The molecule has 6 rings (SSSR count). The Hall–Kier alpha value is -4.28. The molecule has 0 radical (unpaired) electrons. The Morgan fingerprint density at radius 1 is 0.396 bits per heavy atom. The van der Waals surface area contributed by atoms with E-state index in [4.69, 9.17) is 4.98 Å². The molecule has 274 valence electrons. The van der Waals surface area contributed by atoms with Gasteiger partial charge in [0.1, 0.15) is 11.5 Å². The molecule has 0 atom stereocenters. The minimum atomic E-state index is -0.204. The zero-order valence-electron chi connectivity index (χ0n) is 33.4. The first kappa shape index (κ1) is 43.1. The van der Waals surface area contributed by atoms with Gasteiger partial charge in [-0.25, -0.2) is 4.98 Å². The average molecular weight is 868 g/mol. The van der Waals surface area contributed by atoms with Crippen molar-refractivity contribution >= 4 is 0 Å². The van der Waals surface area contributed by atoms with Gasteiger partial charge in [-0.3, -0.25) is 0 Å². The number of benzene rings is 5. The largest absolute Gasteiger partial charge is 0.507 e. The predicted octanol–water partition coefficient (Wildman–Crippen LogP) is 13.6. The molecule has 5 aromatic carbocycles. The Balaban J connectivity index is 0.00000252. The summed E-state index contributed by atoms with van der Waals surface area (Å²) in [6.07, 6.45) is 0. The Labute approximate surface area is 338 Å². The first-order chi connectivity index (χ1) is 23.5. The molecule has 0 aliphatic heterocycles. The average Bonchev–Trinajstić information content (AvgIpc) is 3.07. The second-order valence-electron chi connectivity index (χ2n) is 16.5. The molecule has 1 aromatic heterocycles. The van der Waals surface area contributed by atoms with Gasteiger partial charge < -0.3 is 25.1 Å². The van der Waals surface area contributed by atoms with E-state index in [0.717, 1.165) is 61.5 Å². The van der Waals surface area contributed by atoms with Gasteiger partial charge in [-0.1, -0.05) is 172 Å². The maximum atomic E-state index is 12.0. The summed E-state index contributed by atoms with van der Waals surface area (Å²) >= 11 is 0. The number of aromatic hydroxyl groups is 2. The van der Waals surface area contributed by atoms with Crippen LogP contribution in [0, 0.1) is 14.9 Å². The van der Waals surface area contributed by atoms with Crippen molar-refractivity contribution in [1.82, 2.24) is 4.98 Å². The molecule has 0 saturated heterocycles. The first-order valence-corrected chi connectivity index (χ1v) is 17.5. The van der Waals surface area contributed by atoms with E-state index in [1.807, 2.05) is 84.9 Å². The van der Waals surface area contributed by atoms with Crippen LogP contribution >= 0.6 is 0 Å². The summed E-state index contributed by atoms with van der Waals surface area (Å²) in [5.41, 5.74) is 11.8. The van der Waals surface area contributed by atoms with E-state index in [0.29, 0.717) is 5.75 Å². The summed E-state index contributed by atoms with van der Waals surface area (Å²) in [5.74, 6) is 0.550. The standard InChI is InChI=1S/C47H49NO2.2CH3.Hf/c1-45(2,3)31-27-30(28-32(29-31)46(4,5)6)33-21-14-22-38(43(33)49)34-17-10-12-19-36(34)41-25-16-26-42(48-41)37-20-13-11-18-35(37)39-23-15-24-40(44(39)50)47(7,8)9;;;/h10-29,49-50H,1-9H3;2*1H3;/q;2*-1;. The van der Waals surface area contributed by atoms with Crippen LogP contribution in [0.4, 0.5) is 0 Å². The molecule has 53 heavy (non-hydrogen) atoms. The van der Waals surface area contributed by atoms with Crippen molar-refractivity contribution in [3.63, 3.8) is 0 Å². The quantitative estimate of drug-likeness (QED) is 0.134. The molecule has 3 nitrogen and oxygen atoms in total. The molecule has 0 spiro atoms. The molecule has 0 bridgehead atoms. The molecule has 0 aliphatic rings. The van der Waals surface area contributed by atoms with Crippen molar-refractivity contribution in [2.24, 2.45) is 0 Å². The van der Waals surface area contributed by atoms with Crippen LogP contribution < -0.4 is 0 Å². The smallest absolute Gasteiger partial charge is 0.131 e. The summed E-state index contributed by atoms with van der Waals surface area (Å²) in [5, 5.41) is 23.5. The Kier molecular flexibility index (Phi) is 13.3. The fourth-order valence-electron chi connectivity index (χ4n) is 6.63. The summed E-state index contributed by atoms with van der Waals surface area (Å²) in [6.45, 7) is 19.7. The van der Waals surface area contributed by atoms with Crippen molar-refractivity contribution in [2.45, 2.75) is 78.6 Å². The van der Waals surface area contributed by atoms with Crippen molar-refractivity contribution in [3.05, 3.63) is 153 Å². The molecular formula is C49H55HfNO2-2. The number of pyridine rings is 1. The van der Waals surface area contributed by atoms with E-state index in [2.05, 4.69) is 98.7 Å². The monoisotopic (exact) mass is 869 g/mol. The summed E-state index contributed by atoms with van der Waals surface area (Å²) < 4.78 is 0. The number of hydrogen-bond acceptors (Lipinski definition) is 3. The van der Waals surface area contributed by atoms with Gasteiger partial charge in [-0.05, 0) is 61.8 Å². The van der Waals surface area contributed by atoms with Crippen LogP contribution in [0.15, 0.2) is 121 Å². The number of hydrogen-bond donors (Lipinski definition) is 2. The van der Waals surface area contributed by atoms with E-state index in [9.17, 15) is 10.2 Å². The molecule has 1 heterocycles. The van der Waals surface area contributed by atoms with Crippen LogP contribution in [0.2, 0.25) is 0 Å². The Morgan fingerprint density at radius 2 is 0.774 bits per heavy atom. The predicted molar refractivity (Wildman–Crippen MR) is 224 cm³/mol. The molecular weight excluding hydrogens is 813 g/mol. The summed E-state index contributed by atoms with van der Waals surface area (Å²) in [6, 6.07) is 41.1. The molecule has 2 N–H and O–H groups in total. The fraction of sp³-hybridized carbons (Fsp3) is 0.245. The van der Waals surface area contributed by atoms with Gasteiger partial charge >= 0.3 is 0 Å². The minimum absolute atomic E-state index is 0. The third-order valence-corrected chi connectivity index (χ3v) is 9.59. The van der Waals surface area contributed by atoms with Crippen LogP contribution in [0.3, 0.4) is 0 Å². The third kappa shape index (κ3) is 8.92. The number of phenols is 2. The van der Waals surface area contributed by atoms with E-state index >= 15 is 0 Å². The van der Waals surface area contributed by atoms with Gasteiger partial charge in [0.15, 0.2) is 0 Å². The van der Waals surface area contributed by atoms with Crippen molar-refractivity contribution < 1.29 is 36.1 Å². The van der Waals surface area contributed by atoms with Gasteiger partial charge in [0, 0.05) is 53.7 Å². The second kappa shape index (κ2) is 16.4. The summed E-state index contributed by atoms with van der Waals surface area (Å²) in [4.78, 5) is 5.21. The van der Waals surface area contributed by atoms with Crippen LogP contribution in [-0.2, 0) is 42.1 Å². The molecule has 0 fully saturated rings. The topological polar surface area (TPSA) is 53.4 Å². The molecule has 0 amide bonds. The van der Waals surface area contributed by atoms with Crippen molar-refractivity contribution in [3.8, 4) is 67.4 Å². The van der Waals surface area contributed by atoms with Crippen molar-refractivity contribution in [1.29, 1.82) is 0 Å². The number of nitrogens with zero attached hydrogens (tertiary/aromatic N) is 1. The summed E-state index contributed by atoms with van der Waals surface area (Å²) in [7, 11) is 0. The van der Waals surface area contributed by atoms with Gasteiger partial charge in [-0.15, -0.1) is 0 Å². The maximum Gasteiger partial charge on any atom is 0.131 e. The number of phenolic OH excluding ortho intramolecular Hbond substituents is 2. The minimum Gasteiger partial charge on any atom is -0.507 e. The van der Waals surface area contributed by atoms with Crippen molar-refractivity contribution in [2.75, 3.05) is 0 Å². The van der Waals surface area contributed by atoms with E-state index in [1.54, 1.807) is 0 Å². The molecule has 0 saturated carbocycles. The zero-order valence-corrected chi connectivity index (χ0v) is 37.0. The van der Waals surface area contributed by atoms with Crippen LogP contribution in [-0.4, -0.2) is 15.2 Å². The second-order valence-corrected chi connectivity index (χ2v) is 16.5. The maximum absolute atomic E-state index is 12.0. The number of aromatic nitrogens is 1. The van der Waals surface area contributed by atoms with Gasteiger partial charge in [0.05, 0.1) is 11.4 Å². The zero-order chi connectivity index (χ0) is 36.0. The van der Waals surface area contributed by atoms with Crippen LogP contribution in [0.1, 0.15) is 79.0 Å². The Bertz CT molecular complexity index is 2160. The third-order valence-electron chi connectivity index (χ3n) is 9.59. The normalized spacial score (nSPS) is 11.6. The van der Waals surface area contributed by atoms with Crippen LogP contribution in [0.25, 0.3) is 55.9 Å².